The van der Waals surface area contributed by atoms with Crippen LogP contribution in [0.5, 0.6) is 5.75 Å². The maximum absolute atomic E-state index is 13.3. The van der Waals surface area contributed by atoms with Crippen LogP contribution in [0.2, 0.25) is 0 Å². The molecule has 4 rings (SSSR count). The quantitative estimate of drug-likeness (QED) is 0.661. The van der Waals surface area contributed by atoms with Crippen molar-refractivity contribution in [2.24, 2.45) is 5.92 Å². The fraction of sp³-hybridized carbons (Fsp3) is 0.478. The van der Waals surface area contributed by atoms with Crippen molar-refractivity contribution in [3.8, 4) is 5.75 Å². The van der Waals surface area contributed by atoms with Gasteiger partial charge >= 0.3 is 0 Å². The number of hydrogen-bond donors (Lipinski definition) is 0. The molecule has 0 radical (unpaired) electrons. The van der Waals surface area contributed by atoms with Gasteiger partial charge in [-0.1, -0.05) is 25.1 Å². The number of ether oxygens (including phenoxy) is 1. The van der Waals surface area contributed by atoms with E-state index in [1.807, 2.05) is 42.2 Å². The normalized spacial score (nSPS) is 18.2. The molecular formula is C23H28N2O3S. The molecule has 5 nitrogen and oxygen atoms in total. The zero-order valence-electron chi connectivity index (χ0n) is 16.9. The van der Waals surface area contributed by atoms with E-state index in [4.69, 9.17) is 4.74 Å². The van der Waals surface area contributed by atoms with E-state index in [0.717, 1.165) is 25.0 Å². The second-order valence-corrected chi connectivity index (χ2v) is 8.85. The third kappa shape index (κ3) is 4.81. The van der Waals surface area contributed by atoms with Crippen LogP contribution in [0.4, 0.5) is 0 Å². The minimum absolute atomic E-state index is 0.0194. The van der Waals surface area contributed by atoms with E-state index in [1.165, 1.54) is 10.4 Å². The maximum atomic E-state index is 13.3. The van der Waals surface area contributed by atoms with Gasteiger partial charge in [0.05, 0.1) is 12.6 Å². The molecule has 29 heavy (non-hydrogen) atoms. The van der Waals surface area contributed by atoms with Crippen LogP contribution in [0.25, 0.3) is 0 Å². The number of rotatable bonds is 8. The number of benzene rings is 1. The molecule has 154 valence electrons. The molecule has 1 fully saturated rings. The molecule has 0 spiro atoms. The lowest BCUT2D eigenvalue weighted by Crippen LogP contribution is -2.48. The summed E-state index contributed by atoms with van der Waals surface area (Å²) in [5.41, 5.74) is 1.18. The molecule has 0 unspecified atom stereocenters. The fourth-order valence-corrected chi connectivity index (χ4v) is 4.84. The van der Waals surface area contributed by atoms with Gasteiger partial charge in [-0.2, -0.15) is 0 Å². The fourth-order valence-electron chi connectivity index (χ4n) is 3.91. The van der Waals surface area contributed by atoms with E-state index < -0.39 is 0 Å². The number of hydrogen-bond acceptors (Lipinski definition) is 4. The van der Waals surface area contributed by atoms with Gasteiger partial charge in [-0.3, -0.25) is 9.59 Å². The number of fused-ring (bicyclic) bond motifs is 1. The summed E-state index contributed by atoms with van der Waals surface area (Å²) >= 11 is 1.75. The number of para-hydroxylation sites is 1. The van der Waals surface area contributed by atoms with Gasteiger partial charge in [0.25, 0.3) is 0 Å². The van der Waals surface area contributed by atoms with Crippen molar-refractivity contribution >= 4 is 23.2 Å². The van der Waals surface area contributed by atoms with E-state index in [2.05, 4.69) is 11.4 Å². The Morgan fingerprint density at radius 1 is 1.21 bits per heavy atom. The first-order valence-electron chi connectivity index (χ1n) is 10.5. The summed E-state index contributed by atoms with van der Waals surface area (Å²) in [4.78, 5) is 30.6. The van der Waals surface area contributed by atoms with Crippen LogP contribution in [0.1, 0.15) is 42.7 Å². The van der Waals surface area contributed by atoms with Gasteiger partial charge in [0, 0.05) is 24.4 Å². The van der Waals surface area contributed by atoms with Crippen LogP contribution in [-0.4, -0.2) is 47.9 Å². The Morgan fingerprint density at radius 2 is 2.00 bits per heavy atom. The predicted molar refractivity (Wildman–Crippen MR) is 114 cm³/mol. The molecule has 2 aromatic rings. The summed E-state index contributed by atoms with van der Waals surface area (Å²) in [6, 6.07) is 11.7. The lowest BCUT2D eigenvalue weighted by molar-refractivity contribution is -0.142. The standard InChI is InChI=1S/C23H28N2O3S/c1-2-22(26)24(14-17-8-9-17)15-23(27)25-12-10-21-19(11-13-29-21)20(25)16-28-18-6-4-3-5-7-18/h3-7,11,13,17,20H,2,8-10,12,14-16H2,1H3/t20-/m0/s1. The maximum Gasteiger partial charge on any atom is 0.242 e. The summed E-state index contributed by atoms with van der Waals surface area (Å²) in [5, 5.41) is 2.09. The second kappa shape index (κ2) is 8.99. The first-order valence-corrected chi connectivity index (χ1v) is 11.3. The third-order valence-corrected chi connectivity index (χ3v) is 6.72. The van der Waals surface area contributed by atoms with Crippen LogP contribution in [0, 0.1) is 5.92 Å². The Balaban J connectivity index is 1.48. The van der Waals surface area contributed by atoms with Gasteiger partial charge < -0.3 is 14.5 Å². The highest BCUT2D eigenvalue weighted by Gasteiger charge is 2.34. The first kappa shape index (κ1) is 20.0. The molecule has 1 saturated carbocycles. The minimum Gasteiger partial charge on any atom is -0.491 e. The number of nitrogens with zero attached hydrogens (tertiary/aromatic N) is 2. The van der Waals surface area contributed by atoms with Crippen LogP contribution in [0.3, 0.4) is 0 Å². The SMILES string of the molecule is CCC(=O)N(CC(=O)N1CCc2sccc2[C@@H]1COc1ccccc1)CC1CC1. The monoisotopic (exact) mass is 412 g/mol. The molecule has 2 amide bonds. The molecule has 1 aromatic heterocycles. The molecule has 6 heteroatoms. The first-order chi connectivity index (χ1) is 14.2. The molecular weight excluding hydrogens is 384 g/mol. The zero-order valence-corrected chi connectivity index (χ0v) is 17.7. The van der Waals surface area contributed by atoms with Crippen LogP contribution in [0.15, 0.2) is 41.8 Å². The Morgan fingerprint density at radius 3 is 2.72 bits per heavy atom. The van der Waals surface area contributed by atoms with Crippen LogP contribution < -0.4 is 4.74 Å². The Bertz CT molecular complexity index is 847. The number of carbonyl (C=O) groups is 2. The van der Waals surface area contributed by atoms with Gasteiger partial charge in [0.1, 0.15) is 12.4 Å². The lowest BCUT2D eigenvalue weighted by Gasteiger charge is -2.37. The third-order valence-electron chi connectivity index (χ3n) is 5.72. The smallest absolute Gasteiger partial charge is 0.242 e. The van der Waals surface area contributed by atoms with Gasteiger partial charge in [0.15, 0.2) is 0 Å². The van der Waals surface area contributed by atoms with Gasteiger partial charge in [-0.25, -0.2) is 0 Å². The van der Waals surface area contributed by atoms with E-state index in [9.17, 15) is 9.59 Å². The Kier molecular flexibility index (Phi) is 6.19. The van der Waals surface area contributed by atoms with Crippen LogP contribution in [-0.2, 0) is 16.0 Å². The summed E-state index contributed by atoms with van der Waals surface area (Å²) in [7, 11) is 0. The topological polar surface area (TPSA) is 49.9 Å². The second-order valence-electron chi connectivity index (χ2n) is 7.85. The Hall–Kier alpha value is -2.34. The predicted octanol–water partition coefficient (Wildman–Crippen LogP) is 3.90. The van der Waals surface area contributed by atoms with Gasteiger partial charge in [0.2, 0.25) is 11.8 Å². The minimum atomic E-state index is -0.114. The van der Waals surface area contributed by atoms with E-state index in [1.54, 1.807) is 16.2 Å². The number of amides is 2. The highest BCUT2D eigenvalue weighted by atomic mass is 32.1. The van der Waals surface area contributed by atoms with E-state index in [0.29, 0.717) is 32.0 Å². The zero-order chi connectivity index (χ0) is 20.2. The average Bonchev–Trinajstić information content (AvgIpc) is 3.44. The lowest BCUT2D eigenvalue weighted by atomic mass is 10.0. The summed E-state index contributed by atoms with van der Waals surface area (Å²) < 4.78 is 6.03. The molecule has 2 heterocycles. The molecule has 1 aromatic carbocycles. The molecule has 1 atom stereocenters. The van der Waals surface area contributed by atoms with Crippen molar-refractivity contribution < 1.29 is 14.3 Å². The number of thiophene rings is 1. The van der Waals surface area contributed by atoms with Crippen molar-refractivity contribution in [3.05, 3.63) is 52.2 Å². The molecule has 1 aliphatic carbocycles. The molecule has 2 aliphatic rings. The van der Waals surface area contributed by atoms with Crippen molar-refractivity contribution in [2.75, 3.05) is 26.2 Å². The van der Waals surface area contributed by atoms with Crippen molar-refractivity contribution in [3.63, 3.8) is 0 Å². The van der Waals surface area contributed by atoms with Crippen molar-refractivity contribution in [1.29, 1.82) is 0 Å². The summed E-state index contributed by atoms with van der Waals surface area (Å²) in [6.07, 6.45) is 3.63. The van der Waals surface area contributed by atoms with Crippen molar-refractivity contribution in [2.45, 2.75) is 38.6 Å². The number of carbonyl (C=O) groups excluding carboxylic acids is 2. The highest BCUT2D eigenvalue weighted by Crippen LogP contribution is 2.34. The molecule has 0 N–H and O–H groups in total. The van der Waals surface area contributed by atoms with E-state index >= 15 is 0 Å². The van der Waals surface area contributed by atoms with Gasteiger partial charge in [-0.15, -0.1) is 11.3 Å². The largest absolute Gasteiger partial charge is 0.491 e. The van der Waals surface area contributed by atoms with E-state index in [-0.39, 0.29) is 24.4 Å². The average molecular weight is 413 g/mol. The van der Waals surface area contributed by atoms with Crippen molar-refractivity contribution in [1.82, 2.24) is 9.80 Å². The van der Waals surface area contributed by atoms with Gasteiger partial charge in [-0.05, 0) is 54.3 Å². The molecule has 0 saturated heterocycles. The summed E-state index contributed by atoms with van der Waals surface area (Å²) in [6.45, 7) is 3.84. The molecule has 1 aliphatic heterocycles. The van der Waals surface area contributed by atoms with Crippen LogP contribution >= 0.6 is 11.3 Å². The highest BCUT2D eigenvalue weighted by molar-refractivity contribution is 7.10. The Labute approximate surface area is 176 Å². The summed E-state index contributed by atoms with van der Waals surface area (Å²) in [5.74, 6) is 1.46. The molecule has 0 bridgehead atoms.